The average molecular weight is 540 g/mol. The van der Waals surface area contributed by atoms with Crippen molar-refractivity contribution in [2.24, 2.45) is 22.7 Å². The fourth-order valence-electron chi connectivity index (χ4n) is 6.32. The maximum absolute atomic E-state index is 13.6. The molecular weight excluding hydrogens is 502 g/mol. The van der Waals surface area contributed by atoms with Gasteiger partial charge in [0.1, 0.15) is 0 Å². The zero-order valence-electron chi connectivity index (χ0n) is 23.5. The molecule has 3 aliphatic rings. The molecule has 3 heterocycles. The number of amides is 3. The highest BCUT2D eigenvalue weighted by atomic mass is 16.2. The number of rotatable bonds is 7. The Morgan fingerprint density at radius 2 is 1.60 bits per heavy atom. The average Bonchev–Trinajstić information content (AvgIpc) is 3.25. The molecule has 2 saturated heterocycles. The second kappa shape index (κ2) is 9.91. The van der Waals surface area contributed by atoms with Gasteiger partial charge in [-0.05, 0) is 29.9 Å². The Kier molecular flexibility index (Phi) is 6.51. The highest BCUT2D eigenvalue weighted by molar-refractivity contribution is 5.95. The van der Waals surface area contributed by atoms with Crippen LogP contribution in [-0.4, -0.2) is 63.5 Å². The minimum absolute atomic E-state index is 0.0578. The highest BCUT2D eigenvalue weighted by Crippen LogP contribution is 2.54. The predicted octanol–water partition coefficient (Wildman–Crippen LogP) is 3.50. The summed E-state index contributed by atoms with van der Waals surface area (Å²) in [5.41, 5.74) is 3.45. The largest absolute Gasteiger partial charge is 0.352 e. The van der Waals surface area contributed by atoms with E-state index in [-0.39, 0.29) is 35.0 Å². The molecule has 1 N–H and O–H groups in total. The van der Waals surface area contributed by atoms with Crippen LogP contribution in [0.3, 0.4) is 0 Å². The van der Waals surface area contributed by atoms with Crippen LogP contribution in [0.1, 0.15) is 47.3 Å². The number of hydrogen-bond donors (Lipinski definition) is 1. The van der Waals surface area contributed by atoms with E-state index in [1.165, 1.54) is 5.56 Å². The van der Waals surface area contributed by atoms with Crippen LogP contribution in [0, 0.1) is 29.6 Å². The van der Waals surface area contributed by atoms with Gasteiger partial charge in [0.25, 0.3) is 5.91 Å². The third-order valence-electron chi connectivity index (χ3n) is 9.04. The lowest BCUT2D eigenvalue weighted by molar-refractivity contribution is -0.151. The van der Waals surface area contributed by atoms with Gasteiger partial charge in [-0.3, -0.25) is 19.1 Å². The molecule has 2 aliphatic heterocycles. The van der Waals surface area contributed by atoms with E-state index in [1.54, 1.807) is 22.0 Å². The lowest BCUT2D eigenvalue weighted by atomic mass is 9.71. The molecule has 2 atom stereocenters. The molecule has 40 heavy (non-hydrogen) atoms. The van der Waals surface area contributed by atoms with Gasteiger partial charge in [-0.25, -0.2) is 0 Å². The van der Waals surface area contributed by atoms with Crippen molar-refractivity contribution in [1.29, 1.82) is 0 Å². The first-order valence-electron chi connectivity index (χ1n) is 14.1. The maximum Gasteiger partial charge on any atom is 0.257 e. The summed E-state index contributed by atoms with van der Waals surface area (Å²) in [6.07, 6.45) is 4.29. The summed E-state index contributed by atoms with van der Waals surface area (Å²) in [5.74, 6) is -0.317. The second-order valence-corrected chi connectivity index (χ2v) is 12.7. The molecule has 0 bridgehead atoms. The fraction of sp³-hybridized carbons (Fsp3) is 0.438. The van der Waals surface area contributed by atoms with Crippen molar-refractivity contribution in [3.05, 3.63) is 89.2 Å². The van der Waals surface area contributed by atoms with Crippen LogP contribution in [0.25, 0.3) is 0 Å². The summed E-state index contributed by atoms with van der Waals surface area (Å²) in [7, 11) is 0. The van der Waals surface area contributed by atoms with E-state index in [2.05, 4.69) is 24.3 Å². The molecule has 0 radical (unpaired) electrons. The normalized spacial score (nSPS) is 22.2. The van der Waals surface area contributed by atoms with E-state index in [0.29, 0.717) is 44.8 Å². The van der Waals surface area contributed by atoms with Gasteiger partial charge in [-0.1, -0.05) is 74.0 Å². The SMILES string of the molecule is Cc1ccc(CNC(=O)[C@@H]2CN(C(=O)c3cnn(Cc4ccccc4)c3)CC23CN(C(=O)[C@H]2CC2(C)C)C3)cc1. The quantitative estimate of drug-likeness (QED) is 0.498. The van der Waals surface area contributed by atoms with Crippen molar-refractivity contribution in [1.82, 2.24) is 24.9 Å². The van der Waals surface area contributed by atoms with Crippen LogP contribution < -0.4 is 5.32 Å². The van der Waals surface area contributed by atoms with E-state index in [9.17, 15) is 14.4 Å². The number of aromatic nitrogens is 2. The molecule has 3 amide bonds. The predicted molar refractivity (Wildman–Crippen MR) is 151 cm³/mol. The lowest BCUT2D eigenvalue weighted by Gasteiger charge is -2.50. The number of hydrogen-bond acceptors (Lipinski definition) is 4. The molecule has 2 aromatic carbocycles. The van der Waals surface area contributed by atoms with Crippen LogP contribution >= 0.6 is 0 Å². The van der Waals surface area contributed by atoms with Gasteiger partial charge >= 0.3 is 0 Å². The number of carbonyl (C=O) groups is 3. The van der Waals surface area contributed by atoms with Crippen molar-refractivity contribution in [3.63, 3.8) is 0 Å². The Bertz CT molecular complexity index is 1420. The van der Waals surface area contributed by atoms with Crippen molar-refractivity contribution in [3.8, 4) is 0 Å². The minimum atomic E-state index is -0.429. The topological polar surface area (TPSA) is 87.5 Å². The summed E-state index contributed by atoms with van der Waals surface area (Å²) in [5, 5.41) is 7.52. The van der Waals surface area contributed by atoms with Gasteiger partial charge in [0, 0.05) is 50.3 Å². The summed E-state index contributed by atoms with van der Waals surface area (Å²) in [6, 6.07) is 18.1. The van der Waals surface area contributed by atoms with Crippen LogP contribution in [-0.2, 0) is 22.7 Å². The smallest absolute Gasteiger partial charge is 0.257 e. The third-order valence-corrected chi connectivity index (χ3v) is 9.04. The number of nitrogens with zero attached hydrogens (tertiary/aromatic N) is 4. The molecule has 3 fully saturated rings. The number of carbonyl (C=O) groups excluding carboxylic acids is 3. The molecule has 1 aromatic heterocycles. The van der Waals surface area contributed by atoms with Crippen LogP contribution in [0.2, 0.25) is 0 Å². The molecule has 1 aliphatic carbocycles. The van der Waals surface area contributed by atoms with Crippen LogP contribution in [0.15, 0.2) is 67.0 Å². The number of benzene rings is 2. The Balaban J connectivity index is 1.16. The summed E-state index contributed by atoms with van der Waals surface area (Å²) in [4.78, 5) is 43.9. The maximum atomic E-state index is 13.6. The van der Waals surface area contributed by atoms with Gasteiger partial charge in [-0.2, -0.15) is 5.10 Å². The van der Waals surface area contributed by atoms with Gasteiger partial charge in [0.2, 0.25) is 11.8 Å². The lowest BCUT2D eigenvalue weighted by Crippen LogP contribution is -2.64. The van der Waals surface area contributed by atoms with E-state index in [4.69, 9.17) is 0 Å². The zero-order chi connectivity index (χ0) is 28.1. The van der Waals surface area contributed by atoms with Crippen molar-refractivity contribution < 1.29 is 14.4 Å². The van der Waals surface area contributed by atoms with Gasteiger partial charge < -0.3 is 15.1 Å². The van der Waals surface area contributed by atoms with E-state index in [0.717, 1.165) is 17.5 Å². The van der Waals surface area contributed by atoms with Gasteiger partial charge in [0.05, 0.1) is 24.2 Å². The Morgan fingerprint density at radius 1 is 0.925 bits per heavy atom. The molecule has 1 spiro atoms. The van der Waals surface area contributed by atoms with Gasteiger partial charge in [-0.15, -0.1) is 0 Å². The summed E-state index contributed by atoms with van der Waals surface area (Å²) < 4.78 is 1.77. The molecule has 0 unspecified atom stereocenters. The van der Waals surface area contributed by atoms with Gasteiger partial charge in [0.15, 0.2) is 0 Å². The Morgan fingerprint density at radius 3 is 2.27 bits per heavy atom. The Hall–Kier alpha value is -3.94. The molecule has 3 aromatic rings. The minimum Gasteiger partial charge on any atom is -0.352 e. The fourth-order valence-corrected chi connectivity index (χ4v) is 6.32. The summed E-state index contributed by atoms with van der Waals surface area (Å²) in [6.45, 7) is 9.11. The zero-order valence-corrected chi connectivity index (χ0v) is 23.5. The van der Waals surface area contributed by atoms with E-state index < -0.39 is 5.41 Å². The van der Waals surface area contributed by atoms with E-state index >= 15 is 0 Å². The molecule has 8 nitrogen and oxygen atoms in total. The molecule has 208 valence electrons. The first-order chi connectivity index (χ1) is 19.1. The third kappa shape index (κ3) is 5.03. The van der Waals surface area contributed by atoms with Crippen LogP contribution in [0.4, 0.5) is 0 Å². The number of likely N-dealkylation sites (tertiary alicyclic amines) is 2. The number of nitrogens with one attached hydrogen (secondary N) is 1. The first-order valence-corrected chi connectivity index (χ1v) is 14.1. The molecule has 1 saturated carbocycles. The van der Waals surface area contributed by atoms with Crippen molar-refractivity contribution >= 4 is 17.7 Å². The molecule has 8 heteroatoms. The Labute approximate surface area is 235 Å². The molecule has 6 rings (SSSR count). The standard InChI is InChI=1S/C32H37N5O3/c1-22-9-11-23(12-10-22)14-33-28(38)27-18-35(19-32(27)20-36(21-32)30(40)26-13-31(26,2)3)29(39)25-15-34-37(17-25)16-24-7-5-4-6-8-24/h4-12,15,17,26-27H,13-14,16,18-21H2,1-3H3,(H,33,38)/t26-,27+/m1/s1. The second-order valence-electron chi connectivity index (χ2n) is 12.7. The van der Waals surface area contributed by atoms with Crippen molar-refractivity contribution in [2.45, 2.75) is 40.3 Å². The van der Waals surface area contributed by atoms with Crippen LogP contribution in [0.5, 0.6) is 0 Å². The number of aryl methyl sites for hydroxylation is 1. The van der Waals surface area contributed by atoms with Crippen molar-refractivity contribution in [2.75, 3.05) is 26.2 Å². The molecular formula is C32H37N5O3. The van der Waals surface area contributed by atoms with E-state index in [1.807, 2.05) is 66.4 Å². The monoisotopic (exact) mass is 539 g/mol. The summed E-state index contributed by atoms with van der Waals surface area (Å²) >= 11 is 0. The first kappa shape index (κ1) is 26.3. The highest BCUT2D eigenvalue weighted by Gasteiger charge is 2.61.